The SMILES string of the molecule is COc1ccc(C2C3CCC(C3)C2B2OC(C)(C)C(C)(C)O2)cc1. The highest BCUT2D eigenvalue weighted by Gasteiger charge is 2.61. The van der Waals surface area contributed by atoms with Crippen molar-refractivity contribution in [2.75, 3.05) is 7.11 Å². The molecule has 4 unspecified atom stereocenters. The zero-order valence-electron chi connectivity index (χ0n) is 15.5. The van der Waals surface area contributed by atoms with E-state index in [-0.39, 0.29) is 18.3 Å². The molecule has 24 heavy (non-hydrogen) atoms. The van der Waals surface area contributed by atoms with Gasteiger partial charge in [-0.2, -0.15) is 0 Å². The van der Waals surface area contributed by atoms with E-state index in [1.54, 1.807) is 7.11 Å². The van der Waals surface area contributed by atoms with Gasteiger partial charge >= 0.3 is 7.12 Å². The van der Waals surface area contributed by atoms with Gasteiger partial charge in [0, 0.05) is 5.82 Å². The molecule has 1 saturated heterocycles. The fourth-order valence-electron chi connectivity index (χ4n) is 5.09. The summed E-state index contributed by atoms with van der Waals surface area (Å²) < 4.78 is 18.2. The van der Waals surface area contributed by atoms with Crippen LogP contribution in [0.1, 0.15) is 58.4 Å². The monoisotopic (exact) mass is 328 g/mol. The topological polar surface area (TPSA) is 27.7 Å². The van der Waals surface area contributed by atoms with Gasteiger partial charge in [0.2, 0.25) is 0 Å². The van der Waals surface area contributed by atoms with Crippen LogP contribution in [0.5, 0.6) is 5.75 Å². The first-order valence-corrected chi connectivity index (χ1v) is 9.32. The molecule has 0 spiro atoms. The molecule has 2 saturated carbocycles. The van der Waals surface area contributed by atoms with Crippen molar-refractivity contribution in [3.8, 4) is 5.75 Å². The largest absolute Gasteiger partial charge is 0.497 e. The van der Waals surface area contributed by atoms with Gasteiger partial charge in [-0.05, 0) is 76.0 Å². The van der Waals surface area contributed by atoms with Crippen LogP contribution >= 0.6 is 0 Å². The minimum atomic E-state index is -0.246. The van der Waals surface area contributed by atoms with Crippen molar-refractivity contribution in [2.24, 2.45) is 11.8 Å². The van der Waals surface area contributed by atoms with Crippen molar-refractivity contribution in [1.29, 1.82) is 0 Å². The molecule has 1 aliphatic heterocycles. The molecular formula is C20H29BO3. The lowest BCUT2D eigenvalue weighted by atomic mass is 9.57. The number of fused-ring (bicyclic) bond motifs is 2. The summed E-state index contributed by atoms with van der Waals surface area (Å²) in [4.78, 5) is 0. The number of hydrogen-bond acceptors (Lipinski definition) is 3. The average molecular weight is 328 g/mol. The van der Waals surface area contributed by atoms with Crippen molar-refractivity contribution >= 4 is 7.12 Å². The Balaban J connectivity index is 1.63. The minimum Gasteiger partial charge on any atom is -0.497 e. The summed E-state index contributed by atoms with van der Waals surface area (Å²) in [5.41, 5.74) is 0.927. The van der Waals surface area contributed by atoms with E-state index in [1.807, 2.05) is 0 Å². The molecule has 1 heterocycles. The Morgan fingerprint density at radius 1 is 0.958 bits per heavy atom. The Labute approximate surface area is 146 Å². The highest BCUT2D eigenvalue weighted by atomic mass is 16.7. The van der Waals surface area contributed by atoms with E-state index in [0.717, 1.165) is 17.6 Å². The Hall–Kier alpha value is -0.995. The highest BCUT2D eigenvalue weighted by Crippen LogP contribution is 2.62. The first-order valence-electron chi connectivity index (χ1n) is 9.32. The van der Waals surface area contributed by atoms with Crippen LogP contribution in [0.25, 0.3) is 0 Å². The molecule has 1 aromatic rings. The first-order chi connectivity index (χ1) is 11.3. The standard InChI is InChI=1S/C20H29BO3/c1-19(2)20(3,4)24-21(23-19)18-15-7-6-14(12-15)17(18)13-8-10-16(22-5)11-9-13/h8-11,14-15,17-18H,6-7,12H2,1-5H3. The third kappa shape index (κ3) is 2.41. The number of hydrogen-bond donors (Lipinski definition) is 0. The van der Waals surface area contributed by atoms with E-state index in [4.69, 9.17) is 14.0 Å². The van der Waals surface area contributed by atoms with Crippen molar-refractivity contribution in [3.63, 3.8) is 0 Å². The second-order valence-electron chi connectivity index (χ2n) is 8.83. The molecular weight excluding hydrogens is 299 g/mol. The van der Waals surface area contributed by atoms with Gasteiger partial charge < -0.3 is 14.0 Å². The van der Waals surface area contributed by atoms with Crippen LogP contribution in [0.3, 0.4) is 0 Å². The van der Waals surface area contributed by atoms with Crippen LogP contribution in [-0.4, -0.2) is 25.4 Å². The zero-order chi connectivity index (χ0) is 17.1. The van der Waals surface area contributed by atoms with Gasteiger partial charge in [-0.25, -0.2) is 0 Å². The minimum absolute atomic E-state index is 0.0857. The fraction of sp³-hybridized carbons (Fsp3) is 0.700. The molecule has 0 aromatic heterocycles. The summed E-state index contributed by atoms with van der Waals surface area (Å²) in [5.74, 6) is 3.45. The lowest BCUT2D eigenvalue weighted by Crippen LogP contribution is -2.41. The van der Waals surface area contributed by atoms with E-state index in [1.165, 1.54) is 24.8 Å². The molecule has 0 radical (unpaired) electrons. The maximum Gasteiger partial charge on any atom is 0.462 e. The number of methoxy groups -OCH3 is 1. The summed E-state index contributed by atoms with van der Waals surface area (Å²) in [5, 5.41) is 0. The Kier molecular flexibility index (Phi) is 3.78. The van der Waals surface area contributed by atoms with Crippen LogP contribution in [0.2, 0.25) is 5.82 Å². The van der Waals surface area contributed by atoms with Gasteiger partial charge in [0.05, 0.1) is 18.3 Å². The number of ether oxygens (including phenoxy) is 1. The van der Waals surface area contributed by atoms with E-state index in [9.17, 15) is 0 Å². The van der Waals surface area contributed by atoms with Crippen molar-refractivity contribution in [3.05, 3.63) is 29.8 Å². The van der Waals surface area contributed by atoms with E-state index in [2.05, 4.69) is 52.0 Å². The van der Waals surface area contributed by atoms with E-state index >= 15 is 0 Å². The molecule has 0 N–H and O–H groups in total. The molecule has 0 amide bonds. The normalized spacial score (nSPS) is 36.3. The van der Waals surface area contributed by atoms with Gasteiger partial charge in [-0.1, -0.05) is 18.6 Å². The third-order valence-corrected chi connectivity index (χ3v) is 7.07. The van der Waals surface area contributed by atoms with E-state index < -0.39 is 0 Å². The Bertz CT molecular complexity index is 594. The predicted octanol–water partition coefficient (Wildman–Crippen LogP) is 4.67. The quantitative estimate of drug-likeness (QED) is 0.755. The number of rotatable bonds is 3. The molecule has 2 bridgehead atoms. The summed E-state index contributed by atoms with van der Waals surface area (Å²) in [7, 11) is 1.64. The maximum atomic E-state index is 6.45. The van der Waals surface area contributed by atoms with Crippen LogP contribution in [0, 0.1) is 11.8 Å². The van der Waals surface area contributed by atoms with E-state index in [0.29, 0.717) is 11.7 Å². The molecule has 3 fully saturated rings. The van der Waals surface area contributed by atoms with Gasteiger partial charge in [0.1, 0.15) is 5.75 Å². The van der Waals surface area contributed by atoms with Crippen LogP contribution in [-0.2, 0) is 9.31 Å². The molecule has 1 aromatic carbocycles. The third-order valence-electron chi connectivity index (χ3n) is 7.07. The first kappa shape index (κ1) is 16.5. The lowest BCUT2D eigenvalue weighted by Gasteiger charge is -2.33. The maximum absolute atomic E-state index is 6.45. The second-order valence-corrected chi connectivity index (χ2v) is 8.83. The Morgan fingerprint density at radius 2 is 1.54 bits per heavy atom. The van der Waals surface area contributed by atoms with Gasteiger partial charge in [0.25, 0.3) is 0 Å². The lowest BCUT2D eigenvalue weighted by molar-refractivity contribution is 0.00578. The second kappa shape index (κ2) is 5.50. The molecule has 2 aliphatic carbocycles. The highest BCUT2D eigenvalue weighted by molar-refractivity contribution is 6.48. The average Bonchev–Trinajstić information content (AvgIpc) is 3.19. The molecule has 4 atom stereocenters. The van der Waals surface area contributed by atoms with Gasteiger partial charge in [-0.3, -0.25) is 0 Å². The summed E-state index contributed by atoms with van der Waals surface area (Å²) in [6.45, 7) is 8.62. The molecule has 4 rings (SSSR count). The zero-order valence-corrected chi connectivity index (χ0v) is 15.5. The van der Waals surface area contributed by atoms with Crippen LogP contribution < -0.4 is 4.74 Å². The summed E-state index contributed by atoms with van der Waals surface area (Å²) in [6, 6.07) is 8.65. The van der Waals surface area contributed by atoms with Crippen molar-refractivity contribution < 1.29 is 14.0 Å². The Morgan fingerprint density at radius 3 is 2.12 bits per heavy atom. The van der Waals surface area contributed by atoms with Crippen molar-refractivity contribution in [1.82, 2.24) is 0 Å². The number of benzene rings is 1. The van der Waals surface area contributed by atoms with Crippen LogP contribution in [0.15, 0.2) is 24.3 Å². The molecule has 4 heteroatoms. The summed E-state index contributed by atoms with van der Waals surface area (Å²) >= 11 is 0. The van der Waals surface area contributed by atoms with Crippen LogP contribution in [0.4, 0.5) is 0 Å². The van der Waals surface area contributed by atoms with Gasteiger partial charge in [-0.15, -0.1) is 0 Å². The molecule has 3 aliphatic rings. The predicted molar refractivity (Wildman–Crippen MR) is 96.4 cm³/mol. The fourth-order valence-corrected chi connectivity index (χ4v) is 5.09. The van der Waals surface area contributed by atoms with Gasteiger partial charge in [0.15, 0.2) is 0 Å². The summed E-state index contributed by atoms with van der Waals surface area (Å²) in [6.07, 6.45) is 3.99. The van der Waals surface area contributed by atoms with Crippen molar-refractivity contribution in [2.45, 2.75) is 69.9 Å². The molecule has 3 nitrogen and oxygen atoms in total. The smallest absolute Gasteiger partial charge is 0.462 e. The molecule has 130 valence electrons.